The number of amides is 3. The van der Waals surface area contributed by atoms with Gasteiger partial charge in [-0.15, -0.1) is 11.3 Å². The summed E-state index contributed by atoms with van der Waals surface area (Å²) in [5.41, 5.74) is 1.96. The van der Waals surface area contributed by atoms with Crippen LogP contribution in [0.5, 0.6) is 0 Å². The summed E-state index contributed by atoms with van der Waals surface area (Å²) >= 11 is 1.31. The smallest absolute Gasteiger partial charge is 0.305 e. The van der Waals surface area contributed by atoms with Crippen LogP contribution in [0, 0.1) is 5.41 Å². The Morgan fingerprint density at radius 1 is 1.02 bits per heavy atom. The van der Waals surface area contributed by atoms with Gasteiger partial charge in [0.1, 0.15) is 0 Å². The summed E-state index contributed by atoms with van der Waals surface area (Å²) in [5, 5.41) is 17.0. The molecule has 42 heavy (non-hydrogen) atoms. The maximum Gasteiger partial charge on any atom is 0.305 e. The van der Waals surface area contributed by atoms with Crippen molar-refractivity contribution in [1.29, 1.82) is 0 Å². The Hall–Kier alpha value is -4.25. The molecule has 3 amide bonds. The van der Waals surface area contributed by atoms with E-state index in [0.717, 1.165) is 12.1 Å². The number of hydrogen-bond donors (Lipinski definition) is 3. The van der Waals surface area contributed by atoms with E-state index in [1.165, 1.54) is 17.5 Å². The summed E-state index contributed by atoms with van der Waals surface area (Å²) < 4.78 is 0. The van der Waals surface area contributed by atoms with E-state index in [0.29, 0.717) is 48.7 Å². The zero-order valence-corrected chi connectivity index (χ0v) is 24.9. The molecule has 1 aromatic carbocycles. The molecule has 0 aliphatic carbocycles. The number of aromatic nitrogens is 1. The largest absolute Gasteiger partial charge is 0.481 e. The van der Waals surface area contributed by atoms with Crippen LogP contribution in [0.2, 0.25) is 0 Å². The summed E-state index contributed by atoms with van der Waals surface area (Å²) in [6.45, 7) is 8.61. The molecule has 0 bridgehead atoms. The minimum Gasteiger partial charge on any atom is -0.481 e. The number of pyridine rings is 1. The first-order chi connectivity index (χ1) is 20.0. The highest BCUT2D eigenvalue weighted by Crippen LogP contribution is 2.30. The van der Waals surface area contributed by atoms with Crippen LogP contribution in [0.15, 0.2) is 60.2 Å². The van der Waals surface area contributed by atoms with Crippen molar-refractivity contribution in [3.8, 4) is 0 Å². The fourth-order valence-electron chi connectivity index (χ4n) is 4.87. The van der Waals surface area contributed by atoms with Gasteiger partial charge in [0.25, 0.3) is 11.8 Å². The third-order valence-electron chi connectivity index (χ3n) is 6.89. The summed E-state index contributed by atoms with van der Waals surface area (Å²) in [6.07, 6.45) is 4.03. The van der Waals surface area contributed by atoms with Gasteiger partial charge in [0.2, 0.25) is 5.91 Å². The SMILES string of the molecule is CC(C)(C)CC(=O)N1CCCN(c2ccc(C(=O)NC(CC(=O)O)c3cccnc3)cc2NC(=O)c2cccs2)CC1. The molecule has 3 N–H and O–H groups in total. The van der Waals surface area contributed by atoms with Gasteiger partial charge in [0.15, 0.2) is 0 Å². The molecule has 4 rings (SSSR count). The number of carbonyl (C=O) groups excluding carboxylic acids is 3. The van der Waals surface area contributed by atoms with Gasteiger partial charge >= 0.3 is 5.97 Å². The second-order valence-electron chi connectivity index (χ2n) is 11.5. The Balaban J connectivity index is 1.58. The molecule has 1 unspecified atom stereocenters. The van der Waals surface area contributed by atoms with Gasteiger partial charge in [-0.2, -0.15) is 0 Å². The molecule has 1 atom stereocenters. The molecule has 222 valence electrons. The number of carbonyl (C=O) groups is 4. The molecular weight excluding hydrogens is 554 g/mol. The average molecular weight is 592 g/mol. The van der Waals surface area contributed by atoms with Crippen molar-refractivity contribution >= 4 is 46.4 Å². The second kappa shape index (κ2) is 13.6. The molecule has 1 saturated heterocycles. The van der Waals surface area contributed by atoms with Crippen molar-refractivity contribution < 1.29 is 24.3 Å². The van der Waals surface area contributed by atoms with Crippen molar-refractivity contribution in [2.75, 3.05) is 36.4 Å². The lowest BCUT2D eigenvalue weighted by Gasteiger charge is -2.27. The van der Waals surface area contributed by atoms with Gasteiger partial charge < -0.3 is 25.5 Å². The van der Waals surface area contributed by atoms with E-state index in [4.69, 9.17) is 0 Å². The number of nitrogens with one attached hydrogen (secondary N) is 2. The third kappa shape index (κ3) is 8.39. The maximum absolute atomic E-state index is 13.4. The number of rotatable bonds is 9. The van der Waals surface area contributed by atoms with Crippen LogP contribution in [-0.4, -0.2) is 64.9 Å². The molecule has 2 aromatic heterocycles. The monoisotopic (exact) mass is 591 g/mol. The molecule has 1 fully saturated rings. The van der Waals surface area contributed by atoms with Crippen molar-refractivity contribution in [2.24, 2.45) is 5.41 Å². The van der Waals surface area contributed by atoms with E-state index in [9.17, 15) is 24.3 Å². The van der Waals surface area contributed by atoms with E-state index < -0.39 is 17.9 Å². The quantitative estimate of drug-likeness (QED) is 0.325. The van der Waals surface area contributed by atoms with Crippen molar-refractivity contribution in [1.82, 2.24) is 15.2 Å². The Morgan fingerprint density at radius 2 is 1.83 bits per heavy atom. The zero-order valence-electron chi connectivity index (χ0n) is 24.1. The van der Waals surface area contributed by atoms with E-state index in [2.05, 4.69) is 41.3 Å². The zero-order chi connectivity index (χ0) is 30.3. The third-order valence-corrected chi connectivity index (χ3v) is 7.76. The average Bonchev–Trinajstić information content (AvgIpc) is 3.37. The first-order valence-electron chi connectivity index (χ1n) is 13.9. The van der Waals surface area contributed by atoms with Gasteiger partial charge in [0.05, 0.1) is 28.7 Å². The Morgan fingerprint density at radius 3 is 2.50 bits per heavy atom. The fraction of sp³-hybridized carbons (Fsp3) is 0.387. The van der Waals surface area contributed by atoms with Gasteiger partial charge in [-0.1, -0.05) is 32.9 Å². The highest BCUT2D eigenvalue weighted by molar-refractivity contribution is 7.12. The van der Waals surface area contributed by atoms with Gasteiger partial charge in [0, 0.05) is 50.6 Å². The summed E-state index contributed by atoms with van der Waals surface area (Å²) in [4.78, 5) is 59.5. The van der Waals surface area contributed by atoms with Crippen LogP contribution >= 0.6 is 11.3 Å². The van der Waals surface area contributed by atoms with Crippen LogP contribution in [0.1, 0.15) is 71.7 Å². The number of benzene rings is 1. The van der Waals surface area contributed by atoms with Crippen LogP contribution in [-0.2, 0) is 9.59 Å². The van der Waals surface area contributed by atoms with Crippen LogP contribution in [0.25, 0.3) is 0 Å². The number of aliphatic carboxylic acids is 1. The number of carboxylic acid groups (broad SMARTS) is 1. The molecule has 11 heteroatoms. The molecule has 1 aliphatic rings. The fourth-order valence-corrected chi connectivity index (χ4v) is 5.49. The highest BCUT2D eigenvalue weighted by Gasteiger charge is 2.26. The Labute approximate surface area is 249 Å². The lowest BCUT2D eigenvalue weighted by atomic mass is 9.91. The molecule has 1 aliphatic heterocycles. The summed E-state index contributed by atoms with van der Waals surface area (Å²) in [7, 11) is 0. The molecule has 0 saturated carbocycles. The van der Waals surface area contributed by atoms with Crippen molar-refractivity contribution in [3.05, 3.63) is 76.2 Å². The number of hydrogen-bond acceptors (Lipinski definition) is 7. The molecule has 3 aromatic rings. The Kier molecular flexibility index (Phi) is 9.95. The van der Waals surface area contributed by atoms with Crippen molar-refractivity contribution in [3.63, 3.8) is 0 Å². The van der Waals surface area contributed by atoms with E-state index in [-0.39, 0.29) is 29.2 Å². The summed E-state index contributed by atoms with van der Waals surface area (Å²) in [6, 6.07) is 11.2. The van der Waals surface area contributed by atoms with Crippen LogP contribution < -0.4 is 15.5 Å². The van der Waals surface area contributed by atoms with Gasteiger partial charge in [-0.05, 0) is 53.1 Å². The maximum atomic E-state index is 13.4. The molecular formula is C31H37N5O5S. The van der Waals surface area contributed by atoms with E-state index in [1.807, 2.05) is 10.3 Å². The first-order valence-corrected chi connectivity index (χ1v) is 14.8. The van der Waals surface area contributed by atoms with E-state index >= 15 is 0 Å². The molecule has 10 nitrogen and oxygen atoms in total. The highest BCUT2D eigenvalue weighted by atomic mass is 32.1. The standard InChI is InChI=1S/C31H37N5O5S/c1-31(2,3)19-27(37)36-13-6-12-35(14-15-36)25-10-9-21(17-24(25)34-30(41)26-8-5-16-42-26)29(40)33-23(18-28(38)39)22-7-4-11-32-20-22/h4-5,7-11,16-17,20,23H,6,12-15,18-19H2,1-3H3,(H,33,40)(H,34,41)(H,38,39). The minimum atomic E-state index is -1.06. The van der Waals surface area contributed by atoms with E-state index in [1.54, 1.807) is 48.7 Å². The van der Waals surface area contributed by atoms with Gasteiger partial charge in [-0.25, -0.2) is 0 Å². The summed E-state index contributed by atoms with van der Waals surface area (Å²) in [5.74, 6) is -1.69. The molecule has 0 spiro atoms. The first kappa shape index (κ1) is 30.7. The molecule has 3 heterocycles. The predicted octanol–water partition coefficient (Wildman–Crippen LogP) is 4.82. The number of nitrogens with zero attached hydrogens (tertiary/aromatic N) is 3. The lowest BCUT2D eigenvalue weighted by molar-refractivity contribution is -0.137. The number of anilines is 2. The lowest BCUT2D eigenvalue weighted by Crippen LogP contribution is -2.37. The Bertz CT molecular complexity index is 1400. The normalized spacial score (nSPS) is 14.5. The van der Waals surface area contributed by atoms with Crippen LogP contribution in [0.4, 0.5) is 11.4 Å². The van der Waals surface area contributed by atoms with Crippen LogP contribution in [0.3, 0.4) is 0 Å². The predicted molar refractivity (Wildman–Crippen MR) is 163 cm³/mol. The van der Waals surface area contributed by atoms with Crippen molar-refractivity contribution in [2.45, 2.75) is 46.1 Å². The second-order valence-corrected chi connectivity index (χ2v) is 12.5. The molecule has 0 radical (unpaired) electrons. The topological polar surface area (TPSA) is 132 Å². The minimum absolute atomic E-state index is 0.0980. The number of thiophene rings is 1. The van der Waals surface area contributed by atoms with Gasteiger partial charge in [-0.3, -0.25) is 24.2 Å². The number of carboxylic acids is 1.